The van der Waals surface area contributed by atoms with E-state index in [9.17, 15) is 4.39 Å². The van der Waals surface area contributed by atoms with E-state index in [0.29, 0.717) is 5.69 Å². The van der Waals surface area contributed by atoms with Crippen LogP contribution in [0.15, 0.2) is 35.9 Å². The molecule has 16 heavy (non-hydrogen) atoms. The molecule has 0 radical (unpaired) electrons. The number of hydrogen-bond donors (Lipinski definition) is 1. The molecule has 0 spiro atoms. The van der Waals surface area contributed by atoms with Crippen molar-refractivity contribution < 1.29 is 9.50 Å². The van der Waals surface area contributed by atoms with E-state index < -0.39 is 12.4 Å². The molecule has 0 saturated carbocycles. The Hall–Kier alpha value is -1.59. The van der Waals surface area contributed by atoms with Gasteiger partial charge in [0.1, 0.15) is 5.83 Å². The van der Waals surface area contributed by atoms with Gasteiger partial charge in [0.2, 0.25) is 0 Å². The van der Waals surface area contributed by atoms with Crippen LogP contribution in [0.3, 0.4) is 0 Å². The first kappa shape index (κ1) is 10.9. The third kappa shape index (κ3) is 2.32. The van der Waals surface area contributed by atoms with Crippen molar-refractivity contribution in [2.24, 2.45) is 0 Å². The predicted octanol–water partition coefficient (Wildman–Crippen LogP) is 2.51. The van der Waals surface area contributed by atoms with Gasteiger partial charge in [0.05, 0.1) is 18.5 Å². The average molecular weight is 236 g/mol. The van der Waals surface area contributed by atoms with E-state index in [2.05, 4.69) is 9.97 Å². The molecule has 0 fully saturated rings. The summed E-state index contributed by atoms with van der Waals surface area (Å²) >= 11 is 1.39. The second kappa shape index (κ2) is 4.96. The first-order valence-electron chi connectivity index (χ1n) is 4.62. The molecule has 2 heterocycles. The summed E-state index contributed by atoms with van der Waals surface area (Å²) in [4.78, 5) is 8.83. The minimum Gasteiger partial charge on any atom is -0.389 e. The highest BCUT2D eigenvalue weighted by atomic mass is 32.1. The Balaban J connectivity index is 2.41. The molecule has 82 valence electrons. The highest BCUT2D eigenvalue weighted by Gasteiger charge is 2.07. The summed E-state index contributed by atoms with van der Waals surface area (Å²) in [5, 5.41) is 10.5. The van der Waals surface area contributed by atoms with Crippen LogP contribution < -0.4 is 0 Å². The number of aliphatic hydroxyl groups is 1. The number of hydrogen-bond acceptors (Lipinski definition) is 4. The summed E-state index contributed by atoms with van der Waals surface area (Å²) in [5.41, 5.74) is 1.52. The molecule has 5 heteroatoms. The van der Waals surface area contributed by atoms with Crippen LogP contribution >= 0.6 is 11.3 Å². The fraction of sp³-hybridized carbons (Fsp3) is 0.0909. The van der Waals surface area contributed by atoms with Crippen molar-refractivity contribution in [3.05, 3.63) is 40.7 Å². The SMILES string of the molecule is OC/C(F)=C/c1sccc1-c1cnccn1. The van der Waals surface area contributed by atoms with Crippen LogP contribution in [0, 0.1) is 0 Å². The molecule has 0 atom stereocenters. The Bertz CT molecular complexity index is 496. The highest BCUT2D eigenvalue weighted by Crippen LogP contribution is 2.28. The molecule has 0 aliphatic carbocycles. The summed E-state index contributed by atoms with van der Waals surface area (Å²) in [6.45, 7) is -0.586. The zero-order valence-corrected chi connectivity index (χ0v) is 9.12. The Labute approximate surface area is 95.9 Å². The lowest BCUT2D eigenvalue weighted by molar-refractivity contribution is 0.300. The standard InChI is InChI=1S/C11H9FN2OS/c12-8(7-15)5-11-9(1-4-16-11)10-6-13-2-3-14-10/h1-6,15H,7H2/b8-5-. The van der Waals surface area contributed by atoms with Gasteiger partial charge in [-0.2, -0.15) is 0 Å². The van der Waals surface area contributed by atoms with Gasteiger partial charge in [-0.05, 0) is 17.5 Å². The van der Waals surface area contributed by atoms with Gasteiger partial charge in [0.15, 0.2) is 0 Å². The molecule has 2 aromatic rings. The van der Waals surface area contributed by atoms with Crippen LogP contribution in [-0.4, -0.2) is 21.7 Å². The van der Waals surface area contributed by atoms with Gasteiger partial charge in [-0.3, -0.25) is 9.97 Å². The fourth-order valence-corrected chi connectivity index (χ4v) is 2.12. The lowest BCUT2D eigenvalue weighted by atomic mass is 10.2. The highest BCUT2D eigenvalue weighted by molar-refractivity contribution is 7.11. The zero-order chi connectivity index (χ0) is 11.4. The van der Waals surface area contributed by atoms with Crippen LogP contribution in [0.25, 0.3) is 17.3 Å². The molecule has 0 aliphatic heterocycles. The van der Waals surface area contributed by atoms with Gasteiger partial charge < -0.3 is 5.11 Å². The maximum atomic E-state index is 13.0. The van der Waals surface area contributed by atoms with Gasteiger partial charge in [-0.1, -0.05) is 0 Å². The van der Waals surface area contributed by atoms with Crippen LogP contribution in [0.1, 0.15) is 4.88 Å². The molecule has 0 amide bonds. The summed E-state index contributed by atoms with van der Waals surface area (Å²) in [5.74, 6) is -0.562. The van der Waals surface area contributed by atoms with E-state index in [-0.39, 0.29) is 0 Å². The molecule has 1 N–H and O–H groups in total. The molecular weight excluding hydrogens is 227 g/mol. The smallest absolute Gasteiger partial charge is 0.127 e. The second-order valence-corrected chi connectivity index (χ2v) is 3.99. The van der Waals surface area contributed by atoms with Gasteiger partial charge in [0.25, 0.3) is 0 Å². The molecule has 0 bridgehead atoms. The summed E-state index contributed by atoms with van der Waals surface area (Å²) < 4.78 is 13.0. The summed E-state index contributed by atoms with van der Waals surface area (Å²) in [6.07, 6.45) is 6.10. The number of thiophene rings is 1. The molecule has 2 aromatic heterocycles. The van der Waals surface area contributed by atoms with E-state index in [4.69, 9.17) is 5.11 Å². The zero-order valence-electron chi connectivity index (χ0n) is 8.30. The molecule has 0 aliphatic rings. The normalized spacial score (nSPS) is 11.8. The van der Waals surface area contributed by atoms with Crippen molar-refractivity contribution in [1.82, 2.24) is 9.97 Å². The van der Waals surface area contributed by atoms with Crippen molar-refractivity contribution in [3.8, 4) is 11.3 Å². The van der Waals surface area contributed by atoms with Crippen molar-refractivity contribution in [2.75, 3.05) is 6.61 Å². The first-order valence-corrected chi connectivity index (χ1v) is 5.50. The van der Waals surface area contributed by atoms with E-state index >= 15 is 0 Å². The first-order chi connectivity index (χ1) is 7.81. The summed E-state index contributed by atoms with van der Waals surface area (Å²) in [6, 6.07) is 1.85. The predicted molar refractivity (Wildman–Crippen MR) is 61.5 cm³/mol. The lowest BCUT2D eigenvalue weighted by Gasteiger charge is -1.98. The van der Waals surface area contributed by atoms with Crippen molar-refractivity contribution in [1.29, 1.82) is 0 Å². The largest absolute Gasteiger partial charge is 0.389 e. The molecule has 0 unspecified atom stereocenters. The van der Waals surface area contributed by atoms with E-state index in [1.807, 2.05) is 11.4 Å². The van der Waals surface area contributed by atoms with Gasteiger partial charge >= 0.3 is 0 Å². The van der Waals surface area contributed by atoms with Gasteiger partial charge in [0, 0.05) is 22.8 Å². The Morgan fingerprint density at radius 1 is 1.50 bits per heavy atom. The van der Waals surface area contributed by atoms with Crippen molar-refractivity contribution in [3.63, 3.8) is 0 Å². The molecule has 0 saturated heterocycles. The van der Waals surface area contributed by atoms with Crippen LogP contribution in [0.2, 0.25) is 0 Å². The third-order valence-corrected chi connectivity index (χ3v) is 2.84. The van der Waals surface area contributed by atoms with Gasteiger partial charge in [-0.15, -0.1) is 11.3 Å². The molecular formula is C11H9FN2OS. The van der Waals surface area contributed by atoms with Crippen LogP contribution in [-0.2, 0) is 0 Å². The number of aromatic nitrogens is 2. The molecule has 0 aromatic carbocycles. The minimum atomic E-state index is -0.586. The number of halogens is 1. The topological polar surface area (TPSA) is 46.0 Å². The maximum absolute atomic E-state index is 13.0. The van der Waals surface area contributed by atoms with Crippen LogP contribution in [0.4, 0.5) is 4.39 Å². The second-order valence-electron chi connectivity index (χ2n) is 3.04. The quantitative estimate of drug-likeness (QED) is 0.890. The van der Waals surface area contributed by atoms with Crippen molar-refractivity contribution >= 4 is 17.4 Å². The Morgan fingerprint density at radius 3 is 3.06 bits per heavy atom. The fourth-order valence-electron chi connectivity index (χ4n) is 1.27. The number of aliphatic hydroxyl groups excluding tert-OH is 1. The monoisotopic (exact) mass is 236 g/mol. The lowest BCUT2D eigenvalue weighted by Crippen LogP contribution is -1.85. The Morgan fingerprint density at radius 2 is 2.38 bits per heavy atom. The van der Waals surface area contributed by atoms with Crippen LogP contribution in [0.5, 0.6) is 0 Å². The number of nitrogens with zero attached hydrogens (tertiary/aromatic N) is 2. The average Bonchev–Trinajstić information content (AvgIpc) is 2.78. The maximum Gasteiger partial charge on any atom is 0.127 e. The molecule has 3 nitrogen and oxygen atoms in total. The number of rotatable bonds is 3. The van der Waals surface area contributed by atoms with E-state index in [0.717, 1.165) is 10.4 Å². The van der Waals surface area contributed by atoms with E-state index in [1.54, 1.807) is 18.6 Å². The van der Waals surface area contributed by atoms with E-state index in [1.165, 1.54) is 17.4 Å². The third-order valence-electron chi connectivity index (χ3n) is 1.97. The minimum absolute atomic E-state index is 0.562. The molecule has 2 rings (SSSR count). The van der Waals surface area contributed by atoms with Gasteiger partial charge in [-0.25, -0.2) is 4.39 Å². The van der Waals surface area contributed by atoms with Crippen molar-refractivity contribution in [2.45, 2.75) is 0 Å². The Kier molecular flexibility index (Phi) is 3.38. The summed E-state index contributed by atoms with van der Waals surface area (Å²) in [7, 11) is 0.